The number of nitrogen functional groups attached to an aromatic ring is 1. The number of nitrogens with two attached hydrogens (primary N) is 1. The van der Waals surface area contributed by atoms with Crippen LogP contribution in [-0.2, 0) is 24.3 Å². The van der Waals surface area contributed by atoms with Crippen LogP contribution in [0.15, 0.2) is 95.0 Å². The summed E-state index contributed by atoms with van der Waals surface area (Å²) in [6, 6.07) is 21.3. The van der Waals surface area contributed by atoms with Crippen molar-refractivity contribution in [2.75, 3.05) is 90.2 Å². The molecule has 77 heavy (non-hydrogen) atoms. The molecule has 0 spiro atoms. The Morgan fingerprint density at radius 3 is 2.25 bits per heavy atom. The van der Waals surface area contributed by atoms with Crippen molar-refractivity contribution in [3.8, 4) is 45.8 Å². The number of aromatic amines is 1. The molecule has 3 aliphatic heterocycles. The van der Waals surface area contributed by atoms with E-state index in [1.807, 2.05) is 71.8 Å². The molecule has 23 heteroatoms. The standard InChI is InChI=1S/C54H60N14O9/c1-33(2)40-28-41(43(70)29-42(40)69)49-61-62-53(73)68(49)37-9-5-35(6-10-37)32-64-20-22-65(23-21-64)45(71)27-34-7-11-38(12-8-34)77-54(74)66-24-18-63(19-25-66)16-4-26-76-44-14-13-39-46(47(44)75-3)59-52(67-17-15-56-48(39)67)60-50(72)36-30-57-51(55)58-31-36/h5-14,28-31,33,56,69-70H,4,15-27,32H2,1-3H3,(H,62,73)(H2,55,57,58). The third kappa shape index (κ3) is 11.4. The van der Waals surface area contributed by atoms with Crippen LogP contribution in [0.2, 0.25) is 0 Å². The van der Waals surface area contributed by atoms with Gasteiger partial charge in [0, 0.05) is 102 Å². The number of methoxy groups -OCH3 is 1. The minimum absolute atomic E-state index is 0.0182. The van der Waals surface area contributed by atoms with Crippen LogP contribution in [0.1, 0.15) is 53.2 Å². The Morgan fingerprint density at radius 2 is 1.53 bits per heavy atom. The highest BCUT2D eigenvalue weighted by molar-refractivity contribution is 5.96. The molecule has 10 rings (SSSR count). The maximum atomic E-state index is 13.4. The van der Waals surface area contributed by atoms with E-state index < -0.39 is 17.7 Å². The maximum Gasteiger partial charge on any atom is 0.415 e. The zero-order chi connectivity index (χ0) is 53.7. The molecule has 2 saturated heterocycles. The van der Waals surface area contributed by atoms with Gasteiger partial charge >= 0.3 is 11.8 Å². The summed E-state index contributed by atoms with van der Waals surface area (Å²) in [6.45, 7) is 11.8. The SMILES string of the molecule is COc1c(OCCCN2CCN(C(=O)Oc3ccc(CC(=O)N4CCN(Cc5ccc(-n6c(-c7cc(C(C)C)c(O)cc7O)n[nH]c6=O)cc5)CC4)cc3)CC2)ccc2c3n(c(=NC(=O)c4cnc(N)nc4)nc12)CCN3. The molecule has 3 aliphatic rings. The molecule has 0 bridgehead atoms. The minimum atomic E-state index is -0.551. The number of fused-ring (bicyclic) bond motifs is 3. The molecular weight excluding hydrogens is 989 g/mol. The Balaban J connectivity index is 0.647. The Bertz CT molecular complexity index is 3430. The quantitative estimate of drug-likeness (QED) is 0.0903. The molecule has 7 aromatic rings. The molecule has 6 heterocycles. The summed E-state index contributed by atoms with van der Waals surface area (Å²) in [4.78, 5) is 77.4. The smallest absolute Gasteiger partial charge is 0.415 e. The third-order valence-electron chi connectivity index (χ3n) is 14.0. The molecule has 0 saturated carbocycles. The molecule has 0 aliphatic carbocycles. The Morgan fingerprint density at radius 1 is 0.831 bits per heavy atom. The monoisotopic (exact) mass is 1050 g/mol. The molecule has 23 nitrogen and oxygen atoms in total. The summed E-state index contributed by atoms with van der Waals surface area (Å²) in [5.74, 6) is 1.66. The molecule has 6 N–H and O–H groups in total. The molecule has 0 unspecified atom stereocenters. The predicted molar refractivity (Wildman–Crippen MR) is 284 cm³/mol. The highest BCUT2D eigenvalue weighted by Gasteiger charge is 2.26. The zero-order valence-corrected chi connectivity index (χ0v) is 43.0. The summed E-state index contributed by atoms with van der Waals surface area (Å²) in [5.41, 5.74) is 9.42. The van der Waals surface area contributed by atoms with E-state index in [1.165, 1.54) is 23.0 Å². The van der Waals surface area contributed by atoms with Crippen molar-refractivity contribution in [2.24, 2.45) is 4.99 Å². The first-order valence-corrected chi connectivity index (χ1v) is 25.6. The molecule has 2 fully saturated rings. The van der Waals surface area contributed by atoms with Gasteiger partial charge in [0.1, 0.15) is 28.6 Å². The lowest BCUT2D eigenvalue weighted by atomic mass is 9.98. The second-order valence-electron chi connectivity index (χ2n) is 19.4. The van der Waals surface area contributed by atoms with E-state index in [2.05, 4.69) is 40.3 Å². The largest absolute Gasteiger partial charge is 0.508 e. The number of ether oxygens (including phenoxy) is 3. The van der Waals surface area contributed by atoms with Crippen molar-refractivity contribution in [1.29, 1.82) is 0 Å². The van der Waals surface area contributed by atoms with Crippen LogP contribution in [0.5, 0.6) is 28.7 Å². The van der Waals surface area contributed by atoms with Crippen molar-refractivity contribution < 1.29 is 38.8 Å². The van der Waals surface area contributed by atoms with E-state index in [0.717, 1.165) is 35.3 Å². The molecule has 0 radical (unpaired) electrons. The average Bonchev–Trinajstić information content (AvgIpc) is 4.14. The normalized spacial score (nSPS) is 15.2. The topological polar surface area (TPSA) is 277 Å². The second kappa shape index (κ2) is 22.6. The molecular formula is C54H60N14O9. The van der Waals surface area contributed by atoms with Gasteiger partial charge in [0.15, 0.2) is 17.3 Å². The number of rotatable bonds is 15. The number of hydrogen-bond donors (Lipinski definition) is 5. The molecule has 3 amide bonds. The lowest BCUT2D eigenvalue weighted by Crippen LogP contribution is -2.49. The number of hydrogen-bond acceptors (Lipinski definition) is 17. The van der Waals surface area contributed by atoms with Crippen LogP contribution in [0.25, 0.3) is 28.0 Å². The van der Waals surface area contributed by atoms with Crippen molar-refractivity contribution in [3.63, 3.8) is 0 Å². The van der Waals surface area contributed by atoms with Crippen molar-refractivity contribution in [2.45, 2.75) is 45.7 Å². The highest BCUT2D eigenvalue weighted by atomic mass is 16.6. The van der Waals surface area contributed by atoms with Crippen LogP contribution in [0.3, 0.4) is 0 Å². The number of nitrogens with one attached hydrogen (secondary N) is 2. The first kappa shape index (κ1) is 51.6. The van der Waals surface area contributed by atoms with E-state index in [4.69, 9.17) is 24.9 Å². The third-order valence-corrected chi connectivity index (χ3v) is 14.0. The van der Waals surface area contributed by atoms with Gasteiger partial charge in [0.05, 0.1) is 37.0 Å². The van der Waals surface area contributed by atoms with Gasteiger partial charge in [0.25, 0.3) is 5.91 Å². The highest BCUT2D eigenvalue weighted by Crippen LogP contribution is 2.39. The number of nitrogens with zero attached hydrogens (tertiary/aromatic N) is 11. The number of carbonyl (C=O) groups excluding carboxylic acids is 3. The Labute approximate surface area is 442 Å². The van der Waals surface area contributed by atoms with Gasteiger partial charge in [0.2, 0.25) is 17.5 Å². The van der Waals surface area contributed by atoms with Crippen molar-refractivity contribution in [1.82, 2.24) is 53.9 Å². The minimum Gasteiger partial charge on any atom is -0.508 e. The van der Waals surface area contributed by atoms with Gasteiger partial charge in [-0.05, 0) is 71.5 Å². The molecule has 400 valence electrons. The van der Waals surface area contributed by atoms with Gasteiger partial charge in [-0.1, -0.05) is 38.1 Å². The van der Waals surface area contributed by atoms with E-state index in [-0.39, 0.29) is 52.7 Å². The van der Waals surface area contributed by atoms with E-state index in [9.17, 15) is 29.4 Å². The Hall–Kier alpha value is -8.83. The van der Waals surface area contributed by atoms with E-state index >= 15 is 0 Å². The summed E-state index contributed by atoms with van der Waals surface area (Å²) in [7, 11) is 1.55. The molecule has 0 atom stereocenters. The zero-order valence-electron chi connectivity index (χ0n) is 43.0. The van der Waals surface area contributed by atoms with E-state index in [1.54, 1.807) is 30.2 Å². The first-order chi connectivity index (χ1) is 37.3. The van der Waals surface area contributed by atoms with Crippen LogP contribution < -0.4 is 36.6 Å². The number of amides is 3. The number of benzene rings is 4. The number of piperazine rings is 2. The van der Waals surface area contributed by atoms with Crippen LogP contribution in [0, 0.1) is 0 Å². The van der Waals surface area contributed by atoms with Gasteiger partial charge < -0.3 is 45.3 Å². The fourth-order valence-corrected chi connectivity index (χ4v) is 9.82. The van der Waals surface area contributed by atoms with Crippen molar-refractivity contribution in [3.05, 3.63) is 124 Å². The summed E-state index contributed by atoms with van der Waals surface area (Å²) in [5, 5.41) is 31.9. The lowest BCUT2D eigenvalue weighted by molar-refractivity contribution is -0.132. The second-order valence-corrected chi connectivity index (χ2v) is 19.4. The van der Waals surface area contributed by atoms with Crippen LogP contribution in [-0.4, -0.2) is 161 Å². The summed E-state index contributed by atoms with van der Waals surface area (Å²) in [6.07, 6.45) is 3.19. The lowest BCUT2D eigenvalue weighted by Gasteiger charge is -2.35. The van der Waals surface area contributed by atoms with Gasteiger partial charge in [-0.25, -0.2) is 34.2 Å². The van der Waals surface area contributed by atoms with Gasteiger partial charge in [-0.2, -0.15) is 10.1 Å². The molecule has 4 aromatic carbocycles. The van der Waals surface area contributed by atoms with Crippen LogP contribution in [0.4, 0.5) is 16.6 Å². The number of aromatic hydroxyl groups is 2. The summed E-state index contributed by atoms with van der Waals surface area (Å²) < 4.78 is 21.0. The number of phenolic OH excluding ortho intramolecular Hbond substituents is 2. The van der Waals surface area contributed by atoms with E-state index in [0.29, 0.717) is 118 Å². The Kier molecular flexibility index (Phi) is 15.1. The van der Waals surface area contributed by atoms with Crippen molar-refractivity contribution >= 4 is 40.6 Å². The average molecular weight is 1050 g/mol. The van der Waals surface area contributed by atoms with Gasteiger partial charge in [-0.3, -0.25) is 24.0 Å². The fourth-order valence-electron chi connectivity index (χ4n) is 9.82. The predicted octanol–water partition coefficient (Wildman–Crippen LogP) is 4.13. The molecule has 3 aromatic heterocycles. The summed E-state index contributed by atoms with van der Waals surface area (Å²) >= 11 is 0. The fraction of sp³-hybridized carbons (Fsp3) is 0.352. The maximum absolute atomic E-state index is 13.4. The number of aromatic nitrogens is 7. The number of H-pyrrole nitrogens is 1. The number of carbonyl (C=O) groups is 3. The number of phenols is 2. The van der Waals surface area contributed by atoms with Crippen LogP contribution >= 0.6 is 0 Å². The van der Waals surface area contributed by atoms with Gasteiger partial charge in [-0.15, -0.1) is 0 Å². The number of anilines is 2. The first-order valence-electron chi connectivity index (χ1n) is 25.6.